The molecule has 70 valence electrons. The number of benzene rings is 1. The summed E-state index contributed by atoms with van der Waals surface area (Å²) in [5.41, 5.74) is -0.394. The normalized spacial score (nSPS) is 10.0. The van der Waals surface area contributed by atoms with Crippen LogP contribution in [0.5, 0.6) is 5.75 Å². The molecule has 14 heavy (non-hydrogen) atoms. The van der Waals surface area contributed by atoms with Gasteiger partial charge in [0.2, 0.25) is 0 Å². The van der Waals surface area contributed by atoms with Gasteiger partial charge >= 0.3 is 0 Å². The van der Waals surface area contributed by atoms with E-state index in [0.717, 1.165) is 0 Å². The third-order valence-electron chi connectivity index (χ3n) is 2.11. The summed E-state index contributed by atoms with van der Waals surface area (Å²) >= 11 is 0. The topological polar surface area (TPSA) is 56.8 Å². The maximum atomic E-state index is 8.86. The fourth-order valence-electron chi connectivity index (χ4n) is 1.08. The molecule has 0 radical (unpaired) electrons. The zero-order valence-corrected chi connectivity index (χ0v) is 8.11. The molecule has 0 aliphatic carbocycles. The summed E-state index contributed by atoms with van der Waals surface area (Å²) < 4.78 is 4.98. The van der Waals surface area contributed by atoms with Crippen molar-refractivity contribution in [2.24, 2.45) is 0 Å². The molecule has 1 aromatic carbocycles. The van der Waals surface area contributed by atoms with Crippen LogP contribution >= 0.6 is 0 Å². The first-order valence-electron chi connectivity index (χ1n) is 4.13. The third-order valence-corrected chi connectivity index (χ3v) is 2.11. The third kappa shape index (κ3) is 1.67. The van der Waals surface area contributed by atoms with Crippen LogP contribution in [0.2, 0.25) is 0 Å². The molecule has 0 unspecified atom stereocenters. The molecule has 0 aliphatic rings. The predicted molar refractivity (Wildman–Crippen MR) is 51.6 cm³/mol. The Balaban J connectivity index is 3.11. The van der Waals surface area contributed by atoms with Crippen LogP contribution in [-0.4, -0.2) is 7.11 Å². The van der Waals surface area contributed by atoms with Crippen LogP contribution in [0, 0.1) is 22.7 Å². The standard InChI is InChI=1S/C11H10N2O/c1-11(7-12,8-13)9-3-5-10(14-2)6-4-9/h3-6H,1-2H3. The minimum absolute atomic E-state index is 0.684. The number of ether oxygens (including phenoxy) is 1. The minimum atomic E-state index is -1.08. The van der Waals surface area contributed by atoms with Gasteiger partial charge in [0.15, 0.2) is 5.41 Å². The Labute approximate surface area is 83.2 Å². The second-order valence-corrected chi connectivity index (χ2v) is 3.08. The quantitative estimate of drug-likeness (QED) is 0.709. The Morgan fingerprint density at radius 1 is 1.14 bits per heavy atom. The number of nitriles is 2. The smallest absolute Gasteiger partial charge is 0.165 e. The van der Waals surface area contributed by atoms with Crippen LogP contribution in [-0.2, 0) is 5.41 Å². The molecule has 0 aromatic heterocycles. The van der Waals surface area contributed by atoms with Crippen molar-refractivity contribution < 1.29 is 4.74 Å². The fourth-order valence-corrected chi connectivity index (χ4v) is 1.08. The lowest BCUT2D eigenvalue weighted by molar-refractivity contribution is 0.414. The van der Waals surface area contributed by atoms with Gasteiger partial charge in [0.25, 0.3) is 0 Å². The van der Waals surface area contributed by atoms with Gasteiger partial charge in [0.1, 0.15) is 5.75 Å². The lowest BCUT2D eigenvalue weighted by atomic mass is 9.86. The maximum Gasteiger partial charge on any atom is 0.165 e. The van der Waals surface area contributed by atoms with Crippen molar-refractivity contribution in [1.82, 2.24) is 0 Å². The Kier molecular flexibility index (Phi) is 2.74. The van der Waals surface area contributed by atoms with Crippen molar-refractivity contribution in [3.63, 3.8) is 0 Å². The molecule has 3 nitrogen and oxygen atoms in total. The number of nitrogens with zero attached hydrogens (tertiary/aromatic N) is 2. The first kappa shape index (κ1) is 10.1. The van der Waals surface area contributed by atoms with Crippen molar-refractivity contribution in [3.8, 4) is 17.9 Å². The van der Waals surface area contributed by atoms with Gasteiger partial charge in [-0.15, -0.1) is 0 Å². The Bertz CT molecular complexity index is 381. The van der Waals surface area contributed by atoms with E-state index in [9.17, 15) is 0 Å². The van der Waals surface area contributed by atoms with Crippen LogP contribution in [0.4, 0.5) is 0 Å². The SMILES string of the molecule is COc1ccc(C(C)(C#N)C#N)cc1. The largest absolute Gasteiger partial charge is 0.497 e. The van der Waals surface area contributed by atoms with Crippen LogP contribution in [0.1, 0.15) is 12.5 Å². The molecular formula is C11H10N2O. The molecule has 0 fully saturated rings. The van der Waals surface area contributed by atoms with Gasteiger partial charge in [-0.2, -0.15) is 10.5 Å². The van der Waals surface area contributed by atoms with E-state index < -0.39 is 5.41 Å². The summed E-state index contributed by atoms with van der Waals surface area (Å²) in [6, 6.07) is 10.9. The van der Waals surface area contributed by atoms with E-state index in [1.165, 1.54) is 0 Å². The first-order chi connectivity index (χ1) is 6.66. The molecule has 3 heteroatoms. The van der Waals surface area contributed by atoms with E-state index in [1.54, 1.807) is 38.3 Å². The van der Waals surface area contributed by atoms with Gasteiger partial charge in [-0.25, -0.2) is 0 Å². The van der Waals surface area contributed by atoms with Crippen molar-refractivity contribution in [2.45, 2.75) is 12.3 Å². The van der Waals surface area contributed by atoms with Crippen LogP contribution < -0.4 is 4.74 Å². The van der Waals surface area contributed by atoms with Gasteiger partial charge in [-0.1, -0.05) is 12.1 Å². The summed E-state index contributed by atoms with van der Waals surface area (Å²) in [5, 5.41) is 17.7. The summed E-state index contributed by atoms with van der Waals surface area (Å²) in [6.45, 7) is 1.59. The zero-order valence-electron chi connectivity index (χ0n) is 8.11. The van der Waals surface area contributed by atoms with Gasteiger partial charge in [0.05, 0.1) is 19.2 Å². The Hall–Kier alpha value is -2.00. The summed E-state index contributed by atoms with van der Waals surface area (Å²) in [5.74, 6) is 0.715. The molecule has 0 aliphatic heterocycles. The van der Waals surface area contributed by atoms with E-state index in [2.05, 4.69) is 0 Å². The molecule has 0 heterocycles. The number of hydrogen-bond acceptors (Lipinski definition) is 3. The highest BCUT2D eigenvalue weighted by Gasteiger charge is 2.25. The number of hydrogen-bond donors (Lipinski definition) is 0. The van der Waals surface area contributed by atoms with Crippen molar-refractivity contribution in [2.75, 3.05) is 7.11 Å². The maximum absolute atomic E-state index is 8.86. The molecule has 0 saturated heterocycles. The predicted octanol–water partition coefficient (Wildman–Crippen LogP) is 2.00. The highest BCUT2D eigenvalue weighted by atomic mass is 16.5. The average molecular weight is 186 g/mol. The molecule has 1 aromatic rings. The molecule has 0 saturated carbocycles. The molecular weight excluding hydrogens is 176 g/mol. The molecule has 0 amide bonds. The zero-order chi connectivity index (χ0) is 10.6. The Morgan fingerprint density at radius 3 is 2.00 bits per heavy atom. The van der Waals surface area contributed by atoms with Gasteiger partial charge < -0.3 is 4.74 Å². The van der Waals surface area contributed by atoms with E-state index in [0.29, 0.717) is 11.3 Å². The van der Waals surface area contributed by atoms with Crippen LogP contribution in [0.3, 0.4) is 0 Å². The summed E-state index contributed by atoms with van der Waals surface area (Å²) in [4.78, 5) is 0. The van der Waals surface area contributed by atoms with Crippen molar-refractivity contribution >= 4 is 0 Å². The second-order valence-electron chi connectivity index (χ2n) is 3.08. The molecule has 0 bridgehead atoms. The van der Waals surface area contributed by atoms with E-state index in [-0.39, 0.29) is 0 Å². The molecule has 0 atom stereocenters. The lowest BCUT2D eigenvalue weighted by Crippen LogP contribution is -2.16. The van der Waals surface area contributed by atoms with Gasteiger partial charge in [0, 0.05) is 0 Å². The number of rotatable bonds is 2. The second kappa shape index (κ2) is 3.81. The molecule has 0 spiro atoms. The highest BCUT2D eigenvalue weighted by molar-refractivity contribution is 5.41. The minimum Gasteiger partial charge on any atom is -0.497 e. The van der Waals surface area contributed by atoms with E-state index in [4.69, 9.17) is 15.3 Å². The average Bonchev–Trinajstić information content (AvgIpc) is 2.28. The molecule has 1 rings (SSSR count). The summed E-state index contributed by atoms with van der Waals surface area (Å²) in [6.07, 6.45) is 0. The van der Waals surface area contributed by atoms with Crippen molar-refractivity contribution in [1.29, 1.82) is 10.5 Å². The first-order valence-corrected chi connectivity index (χ1v) is 4.13. The van der Waals surface area contributed by atoms with E-state index >= 15 is 0 Å². The van der Waals surface area contributed by atoms with Crippen LogP contribution in [0.25, 0.3) is 0 Å². The van der Waals surface area contributed by atoms with Gasteiger partial charge in [-0.05, 0) is 24.6 Å². The fraction of sp³-hybridized carbons (Fsp3) is 0.273. The number of methoxy groups -OCH3 is 1. The monoisotopic (exact) mass is 186 g/mol. The van der Waals surface area contributed by atoms with Crippen LogP contribution in [0.15, 0.2) is 24.3 Å². The summed E-state index contributed by atoms with van der Waals surface area (Å²) in [7, 11) is 1.57. The van der Waals surface area contributed by atoms with Crippen molar-refractivity contribution in [3.05, 3.63) is 29.8 Å². The van der Waals surface area contributed by atoms with Gasteiger partial charge in [-0.3, -0.25) is 0 Å². The molecule has 0 N–H and O–H groups in total. The lowest BCUT2D eigenvalue weighted by Gasteiger charge is -2.12. The Morgan fingerprint density at radius 2 is 1.64 bits per heavy atom. The van der Waals surface area contributed by atoms with E-state index in [1.807, 2.05) is 12.1 Å². The highest BCUT2D eigenvalue weighted by Crippen LogP contribution is 2.23.